The van der Waals surface area contributed by atoms with E-state index in [0.29, 0.717) is 17.2 Å². The van der Waals surface area contributed by atoms with Crippen molar-refractivity contribution in [3.8, 4) is 17.2 Å². The van der Waals surface area contributed by atoms with E-state index in [1.807, 2.05) is 43.3 Å². The fourth-order valence-corrected chi connectivity index (χ4v) is 2.78. The molecule has 0 aromatic heterocycles. The maximum atomic E-state index is 6.67. The van der Waals surface area contributed by atoms with Gasteiger partial charge in [-0.15, -0.1) is 11.6 Å². The molecule has 2 aromatic carbocycles. The highest BCUT2D eigenvalue weighted by molar-refractivity contribution is 6.23. The van der Waals surface area contributed by atoms with Crippen molar-refractivity contribution in [2.75, 3.05) is 21.3 Å². The van der Waals surface area contributed by atoms with Gasteiger partial charge in [0, 0.05) is 5.56 Å². The van der Waals surface area contributed by atoms with Crippen LogP contribution in [0.15, 0.2) is 36.4 Å². The van der Waals surface area contributed by atoms with Gasteiger partial charge < -0.3 is 14.2 Å². The Morgan fingerprint density at radius 3 is 2.05 bits per heavy atom. The Bertz CT molecular complexity index is 625. The van der Waals surface area contributed by atoms with Gasteiger partial charge in [0.05, 0.1) is 26.7 Å². The molecule has 2 aromatic rings. The van der Waals surface area contributed by atoms with Gasteiger partial charge in [-0.25, -0.2) is 0 Å². The smallest absolute Gasteiger partial charge is 0.203 e. The summed E-state index contributed by atoms with van der Waals surface area (Å²) in [4.78, 5) is 0. The van der Waals surface area contributed by atoms with Crippen molar-refractivity contribution in [2.24, 2.45) is 0 Å². The van der Waals surface area contributed by atoms with E-state index in [0.717, 1.165) is 16.7 Å². The fourth-order valence-electron chi connectivity index (χ4n) is 2.36. The van der Waals surface area contributed by atoms with Crippen LogP contribution in [0.1, 0.15) is 22.1 Å². The van der Waals surface area contributed by atoms with Crippen LogP contribution >= 0.6 is 11.6 Å². The summed E-state index contributed by atoms with van der Waals surface area (Å²) in [7, 11) is 4.78. The Kier molecular flexibility index (Phi) is 4.97. The quantitative estimate of drug-likeness (QED) is 0.769. The second-order valence-electron chi connectivity index (χ2n) is 4.64. The zero-order valence-corrected chi connectivity index (χ0v) is 13.4. The summed E-state index contributed by atoms with van der Waals surface area (Å²) >= 11 is 6.67. The van der Waals surface area contributed by atoms with Crippen molar-refractivity contribution in [3.05, 3.63) is 53.1 Å². The lowest BCUT2D eigenvalue weighted by atomic mass is 9.99. The molecule has 4 heteroatoms. The van der Waals surface area contributed by atoms with E-state index in [-0.39, 0.29) is 5.38 Å². The normalized spacial score (nSPS) is 11.9. The Morgan fingerprint density at radius 2 is 1.48 bits per heavy atom. The first-order valence-corrected chi connectivity index (χ1v) is 7.06. The molecule has 2 rings (SSSR count). The van der Waals surface area contributed by atoms with Gasteiger partial charge in [0.1, 0.15) is 0 Å². The number of alkyl halides is 1. The van der Waals surface area contributed by atoms with E-state index in [1.54, 1.807) is 21.3 Å². The molecule has 21 heavy (non-hydrogen) atoms. The van der Waals surface area contributed by atoms with Gasteiger partial charge in [0.25, 0.3) is 0 Å². The third-order valence-electron chi connectivity index (χ3n) is 3.47. The highest BCUT2D eigenvalue weighted by atomic mass is 35.5. The second kappa shape index (κ2) is 6.72. The van der Waals surface area contributed by atoms with Crippen LogP contribution < -0.4 is 14.2 Å². The van der Waals surface area contributed by atoms with E-state index in [9.17, 15) is 0 Å². The van der Waals surface area contributed by atoms with Gasteiger partial charge >= 0.3 is 0 Å². The third-order valence-corrected chi connectivity index (χ3v) is 3.94. The van der Waals surface area contributed by atoms with Crippen LogP contribution in [0.2, 0.25) is 0 Å². The topological polar surface area (TPSA) is 27.7 Å². The molecule has 0 saturated heterocycles. The number of rotatable bonds is 5. The molecule has 0 N–H and O–H groups in total. The van der Waals surface area contributed by atoms with Crippen molar-refractivity contribution in [1.82, 2.24) is 0 Å². The molecular formula is C17H19ClO3. The predicted molar refractivity (Wildman–Crippen MR) is 85.0 cm³/mol. The molecule has 0 aliphatic heterocycles. The van der Waals surface area contributed by atoms with Crippen LogP contribution in [0, 0.1) is 6.92 Å². The van der Waals surface area contributed by atoms with Crippen LogP contribution in [0.5, 0.6) is 17.2 Å². The number of benzene rings is 2. The van der Waals surface area contributed by atoms with Crippen molar-refractivity contribution >= 4 is 11.6 Å². The number of ether oxygens (including phenoxy) is 3. The summed E-state index contributed by atoms with van der Waals surface area (Å²) in [6.45, 7) is 2.04. The summed E-state index contributed by atoms with van der Waals surface area (Å²) in [5.74, 6) is 1.77. The number of methoxy groups -OCH3 is 3. The van der Waals surface area contributed by atoms with E-state index in [4.69, 9.17) is 25.8 Å². The van der Waals surface area contributed by atoms with E-state index >= 15 is 0 Å². The summed E-state index contributed by atoms with van der Waals surface area (Å²) in [6.07, 6.45) is 0. The van der Waals surface area contributed by atoms with E-state index in [1.165, 1.54) is 0 Å². The van der Waals surface area contributed by atoms with Crippen LogP contribution in [-0.2, 0) is 0 Å². The number of hydrogen-bond donors (Lipinski definition) is 0. The van der Waals surface area contributed by atoms with Crippen molar-refractivity contribution < 1.29 is 14.2 Å². The van der Waals surface area contributed by atoms with Gasteiger partial charge in [0.2, 0.25) is 5.75 Å². The molecule has 0 fully saturated rings. The summed E-state index contributed by atoms with van der Waals surface area (Å²) < 4.78 is 16.2. The van der Waals surface area contributed by atoms with Crippen molar-refractivity contribution in [2.45, 2.75) is 12.3 Å². The zero-order valence-electron chi connectivity index (χ0n) is 12.6. The molecule has 1 unspecified atom stereocenters. The lowest BCUT2D eigenvalue weighted by molar-refractivity contribution is 0.322. The summed E-state index contributed by atoms with van der Waals surface area (Å²) in [5, 5.41) is -0.319. The monoisotopic (exact) mass is 306 g/mol. The highest BCUT2D eigenvalue weighted by Gasteiger charge is 2.22. The fraction of sp³-hybridized carbons (Fsp3) is 0.294. The molecule has 0 amide bonds. The SMILES string of the molecule is COc1ccc(C(Cl)c2ccccc2C)c(OC)c1OC. The Labute approximate surface area is 130 Å². The largest absolute Gasteiger partial charge is 0.493 e. The Hall–Kier alpha value is -1.87. The molecule has 1 atom stereocenters. The molecule has 112 valence electrons. The molecule has 0 heterocycles. The maximum Gasteiger partial charge on any atom is 0.203 e. The van der Waals surface area contributed by atoms with Crippen LogP contribution in [0.3, 0.4) is 0 Å². The van der Waals surface area contributed by atoms with Gasteiger partial charge in [-0.1, -0.05) is 24.3 Å². The first kappa shape index (κ1) is 15.5. The molecule has 0 aliphatic rings. The average molecular weight is 307 g/mol. The highest BCUT2D eigenvalue weighted by Crippen LogP contribution is 2.45. The molecule has 0 radical (unpaired) electrons. The molecule has 0 saturated carbocycles. The minimum absolute atomic E-state index is 0.319. The Balaban J connectivity index is 2.56. The van der Waals surface area contributed by atoms with Crippen LogP contribution in [0.25, 0.3) is 0 Å². The average Bonchev–Trinajstić information content (AvgIpc) is 2.52. The van der Waals surface area contributed by atoms with Gasteiger partial charge in [0.15, 0.2) is 11.5 Å². The van der Waals surface area contributed by atoms with Crippen molar-refractivity contribution in [1.29, 1.82) is 0 Å². The molecule has 0 spiro atoms. The van der Waals surface area contributed by atoms with Crippen molar-refractivity contribution in [3.63, 3.8) is 0 Å². The van der Waals surface area contributed by atoms with E-state index in [2.05, 4.69) is 0 Å². The standard InChI is InChI=1S/C17H19ClO3/c1-11-7-5-6-8-12(11)15(18)13-9-10-14(19-2)17(21-4)16(13)20-3/h5-10,15H,1-4H3. The third kappa shape index (κ3) is 2.93. The van der Waals surface area contributed by atoms with Gasteiger partial charge in [-0.05, 0) is 30.2 Å². The van der Waals surface area contributed by atoms with Gasteiger partial charge in [-0.3, -0.25) is 0 Å². The minimum atomic E-state index is -0.319. The van der Waals surface area contributed by atoms with Gasteiger partial charge in [-0.2, -0.15) is 0 Å². The summed E-state index contributed by atoms with van der Waals surface area (Å²) in [6, 6.07) is 11.8. The molecule has 0 aliphatic carbocycles. The maximum absolute atomic E-state index is 6.67. The molecule has 3 nitrogen and oxygen atoms in total. The lowest BCUT2D eigenvalue weighted by Gasteiger charge is -2.19. The van der Waals surface area contributed by atoms with Crippen LogP contribution in [-0.4, -0.2) is 21.3 Å². The minimum Gasteiger partial charge on any atom is -0.493 e. The predicted octanol–water partition coefficient (Wildman–Crippen LogP) is 4.35. The number of halogens is 1. The first-order chi connectivity index (χ1) is 10.1. The zero-order chi connectivity index (χ0) is 15.4. The number of hydrogen-bond acceptors (Lipinski definition) is 3. The Morgan fingerprint density at radius 1 is 0.810 bits per heavy atom. The molecule has 0 bridgehead atoms. The summed E-state index contributed by atoms with van der Waals surface area (Å²) in [5.41, 5.74) is 3.03. The first-order valence-electron chi connectivity index (χ1n) is 6.62. The lowest BCUT2D eigenvalue weighted by Crippen LogP contribution is -2.02. The second-order valence-corrected chi connectivity index (χ2v) is 5.08. The molecular weight excluding hydrogens is 288 g/mol. The van der Waals surface area contributed by atoms with E-state index < -0.39 is 0 Å². The number of aryl methyl sites for hydroxylation is 1. The van der Waals surface area contributed by atoms with Crippen LogP contribution in [0.4, 0.5) is 0 Å².